The van der Waals surface area contributed by atoms with Gasteiger partial charge >= 0.3 is 0 Å². The molecule has 1 aromatic heterocycles. The van der Waals surface area contributed by atoms with Crippen LogP contribution in [0.5, 0.6) is 5.75 Å². The van der Waals surface area contributed by atoms with E-state index in [1.807, 2.05) is 48.5 Å². The lowest BCUT2D eigenvalue weighted by molar-refractivity contribution is -0.121. The van der Waals surface area contributed by atoms with Crippen LogP contribution in [0.1, 0.15) is 32.0 Å². The molecule has 140 valence electrons. The summed E-state index contributed by atoms with van der Waals surface area (Å²) in [5.41, 5.74) is 2.75. The van der Waals surface area contributed by atoms with Gasteiger partial charge < -0.3 is 9.47 Å². The Bertz CT molecular complexity index is 934. The molecule has 0 amide bonds. The van der Waals surface area contributed by atoms with Crippen molar-refractivity contribution in [1.29, 1.82) is 0 Å². The number of ketones is 1. The minimum absolute atomic E-state index is 0.0331. The van der Waals surface area contributed by atoms with E-state index in [0.29, 0.717) is 13.2 Å². The maximum Gasteiger partial charge on any atom is 0.155 e. The van der Waals surface area contributed by atoms with E-state index in [4.69, 9.17) is 9.47 Å². The number of rotatable bonds is 8. The molecule has 3 rings (SSSR count). The highest BCUT2D eigenvalue weighted by molar-refractivity contribution is 5.78. The van der Waals surface area contributed by atoms with Gasteiger partial charge in [0.2, 0.25) is 0 Å². The zero-order valence-corrected chi connectivity index (χ0v) is 16.1. The average Bonchev–Trinajstić information content (AvgIpc) is 2.66. The van der Waals surface area contributed by atoms with Gasteiger partial charge in [0.25, 0.3) is 0 Å². The zero-order valence-electron chi connectivity index (χ0n) is 16.1. The molecule has 0 aliphatic carbocycles. The quantitative estimate of drug-likeness (QED) is 0.582. The number of fused-ring (bicyclic) bond motifs is 1. The minimum atomic E-state index is -0.212. The fourth-order valence-electron chi connectivity index (χ4n) is 2.89. The normalized spacial score (nSPS) is 11.5. The van der Waals surface area contributed by atoms with Gasteiger partial charge in [-0.1, -0.05) is 50.2 Å². The van der Waals surface area contributed by atoms with Crippen LogP contribution in [0.2, 0.25) is 0 Å². The van der Waals surface area contributed by atoms with E-state index < -0.39 is 0 Å². The van der Waals surface area contributed by atoms with Crippen LogP contribution in [0.4, 0.5) is 0 Å². The summed E-state index contributed by atoms with van der Waals surface area (Å²) < 4.78 is 11.5. The van der Waals surface area contributed by atoms with Crippen molar-refractivity contribution in [2.75, 3.05) is 13.2 Å². The second kappa shape index (κ2) is 8.31. The zero-order chi connectivity index (χ0) is 19.3. The second-order valence-electron chi connectivity index (χ2n) is 7.39. The Balaban J connectivity index is 1.66. The van der Waals surface area contributed by atoms with Gasteiger partial charge in [0, 0.05) is 10.8 Å². The van der Waals surface area contributed by atoms with Gasteiger partial charge in [0.05, 0.1) is 17.8 Å². The Morgan fingerprint density at radius 1 is 1.04 bits per heavy atom. The van der Waals surface area contributed by atoms with E-state index >= 15 is 0 Å². The smallest absolute Gasteiger partial charge is 0.155 e. The highest BCUT2D eigenvalue weighted by Gasteiger charge is 2.21. The van der Waals surface area contributed by atoms with Gasteiger partial charge in [0.1, 0.15) is 19.0 Å². The van der Waals surface area contributed by atoms with Gasteiger partial charge in [-0.05, 0) is 36.8 Å². The number of hydrogen-bond donors (Lipinski definition) is 0. The van der Waals surface area contributed by atoms with Gasteiger partial charge in [0.15, 0.2) is 5.78 Å². The average molecular weight is 363 g/mol. The maximum absolute atomic E-state index is 11.1. The number of pyridine rings is 1. The standard InChI is InChI=1S/C23H25NO3/c1-17(25)14-26-16-23(2,3)19-8-6-9-21(13-19)27-15-20-12-11-18-7-4-5-10-22(18)24-20/h4-13H,14-16H2,1-3H3. The van der Waals surface area contributed by atoms with E-state index in [9.17, 15) is 4.79 Å². The van der Waals surface area contributed by atoms with E-state index in [1.165, 1.54) is 6.92 Å². The molecular weight excluding hydrogens is 338 g/mol. The predicted octanol–water partition coefficient (Wildman–Crippen LogP) is 4.70. The predicted molar refractivity (Wildman–Crippen MR) is 107 cm³/mol. The lowest BCUT2D eigenvalue weighted by atomic mass is 9.85. The highest BCUT2D eigenvalue weighted by atomic mass is 16.5. The van der Waals surface area contributed by atoms with E-state index in [0.717, 1.165) is 27.9 Å². The molecular formula is C23H25NO3. The third-order valence-electron chi connectivity index (χ3n) is 4.43. The number of benzene rings is 2. The fourth-order valence-corrected chi connectivity index (χ4v) is 2.89. The Morgan fingerprint density at radius 2 is 1.85 bits per heavy atom. The number of Topliss-reactive ketones (excluding diaryl/α,β-unsaturated/α-hetero) is 1. The second-order valence-corrected chi connectivity index (χ2v) is 7.39. The van der Waals surface area contributed by atoms with Crippen molar-refractivity contribution in [2.24, 2.45) is 0 Å². The summed E-state index contributed by atoms with van der Waals surface area (Å²) in [5, 5.41) is 1.12. The van der Waals surface area contributed by atoms with E-state index in [-0.39, 0.29) is 17.8 Å². The minimum Gasteiger partial charge on any atom is -0.487 e. The maximum atomic E-state index is 11.1. The number of carbonyl (C=O) groups excluding carboxylic acids is 1. The molecule has 0 saturated heterocycles. The summed E-state index contributed by atoms with van der Waals surface area (Å²) in [6.45, 7) is 6.75. The van der Waals surface area contributed by atoms with Crippen LogP contribution in [0.3, 0.4) is 0 Å². The molecule has 0 saturated carbocycles. The summed E-state index contributed by atoms with van der Waals surface area (Å²) >= 11 is 0. The number of aromatic nitrogens is 1. The molecule has 0 bridgehead atoms. The van der Waals surface area contributed by atoms with Crippen molar-refractivity contribution in [1.82, 2.24) is 4.98 Å². The molecule has 0 fully saturated rings. The summed E-state index contributed by atoms with van der Waals surface area (Å²) in [6.07, 6.45) is 0. The van der Waals surface area contributed by atoms with Crippen LogP contribution in [0, 0.1) is 0 Å². The largest absolute Gasteiger partial charge is 0.487 e. The first kappa shape index (κ1) is 19.1. The van der Waals surface area contributed by atoms with Crippen molar-refractivity contribution < 1.29 is 14.3 Å². The van der Waals surface area contributed by atoms with Crippen molar-refractivity contribution in [3.05, 3.63) is 71.9 Å². The van der Waals surface area contributed by atoms with Crippen LogP contribution >= 0.6 is 0 Å². The first-order valence-corrected chi connectivity index (χ1v) is 9.09. The Morgan fingerprint density at radius 3 is 2.67 bits per heavy atom. The molecule has 0 aliphatic heterocycles. The summed E-state index contributed by atoms with van der Waals surface area (Å²) in [6, 6.07) is 20.1. The molecule has 0 radical (unpaired) electrons. The molecule has 0 aliphatic rings. The molecule has 4 nitrogen and oxygen atoms in total. The molecule has 1 heterocycles. The SMILES string of the molecule is CC(=O)COCC(C)(C)c1cccc(OCc2ccc3ccccc3n2)c1. The number of ether oxygens (including phenoxy) is 2. The van der Waals surface area contributed by atoms with Crippen LogP contribution in [-0.2, 0) is 21.6 Å². The molecule has 0 atom stereocenters. The molecule has 0 unspecified atom stereocenters. The molecule has 0 N–H and O–H groups in total. The Labute approximate surface area is 160 Å². The first-order valence-electron chi connectivity index (χ1n) is 9.09. The topological polar surface area (TPSA) is 48.4 Å². The van der Waals surface area contributed by atoms with E-state index in [1.54, 1.807) is 0 Å². The Hall–Kier alpha value is -2.72. The van der Waals surface area contributed by atoms with Gasteiger partial charge in [-0.25, -0.2) is 4.98 Å². The molecule has 2 aromatic carbocycles. The lowest BCUT2D eigenvalue weighted by Gasteiger charge is -2.25. The Kier molecular flexibility index (Phi) is 5.87. The highest BCUT2D eigenvalue weighted by Crippen LogP contribution is 2.27. The van der Waals surface area contributed by atoms with Crippen molar-refractivity contribution in [2.45, 2.75) is 32.8 Å². The number of hydrogen-bond acceptors (Lipinski definition) is 4. The summed E-state index contributed by atoms with van der Waals surface area (Å²) in [4.78, 5) is 15.7. The van der Waals surface area contributed by atoms with Crippen LogP contribution in [-0.4, -0.2) is 24.0 Å². The number of para-hydroxylation sites is 1. The summed E-state index contributed by atoms with van der Waals surface area (Å²) in [5.74, 6) is 0.827. The van der Waals surface area contributed by atoms with Crippen LogP contribution in [0.15, 0.2) is 60.7 Å². The van der Waals surface area contributed by atoms with Gasteiger partial charge in [-0.2, -0.15) is 0 Å². The molecule has 3 aromatic rings. The molecule has 0 spiro atoms. The van der Waals surface area contributed by atoms with Crippen LogP contribution in [0.25, 0.3) is 10.9 Å². The molecule has 4 heteroatoms. The van der Waals surface area contributed by atoms with Crippen LogP contribution < -0.4 is 4.74 Å². The van der Waals surface area contributed by atoms with Crippen molar-refractivity contribution >= 4 is 16.7 Å². The van der Waals surface area contributed by atoms with Gasteiger partial charge in [-0.3, -0.25) is 4.79 Å². The van der Waals surface area contributed by atoms with Gasteiger partial charge in [-0.15, -0.1) is 0 Å². The van der Waals surface area contributed by atoms with Crippen molar-refractivity contribution in [3.63, 3.8) is 0 Å². The summed E-state index contributed by atoms with van der Waals surface area (Å²) in [7, 11) is 0. The van der Waals surface area contributed by atoms with Crippen molar-refractivity contribution in [3.8, 4) is 5.75 Å². The third kappa shape index (κ3) is 5.14. The number of carbonyl (C=O) groups is 1. The third-order valence-corrected chi connectivity index (χ3v) is 4.43. The lowest BCUT2D eigenvalue weighted by Crippen LogP contribution is -2.25. The fraction of sp³-hybridized carbons (Fsp3) is 0.304. The monoisotopic (exact) mass is 363 g/mol. The first-order chi connectivity index (χ1) is 12.9. The van der Waals surface area contributed by atoms with E-state index in [2.05, 4.69) is 31.0 Å². The molecule has 27 heavy (non-hydrogen) atoms. The number of nitrogens with zero attached hydrogens (tertiary/aromatic N) is 1.